The molecule has 2 aliphatic rings. The Kier molecular flexibility index (Phi) is 5.45. The van der Waals surface area contributed by atoms with E-state index in [9.17, 15) is 13.2 Å². The number of hydrogen-bond acceptors (Lipinski definition) is 3. The van der Waals surface area contributed by atoms with E-state index in [0.717, 1.165) is 45.1 Å². The zero-order valence-electron chi connectivity index (χ0n) is 15.8. The molecule has 3 nitrogen and oxygen atoms in total. The highest BCUT2D eigenvalue weighted by Gasteiger charge is 2.44. The average molecular weight is 390 g/mol. The maximum atomic E-state index is 13.0. The highest BCUT2D eigenvalue weighted by Crippen LogP contribution is 2.42. The molecule has 2 aromatic rings. The van der Waals surface area contributed by atoms with Crippen molar-refractivity contribution in [3.8, 4) is 0 Å². The van der Waals surface area contributed by atoms with Crippen molar-refractivity contribution >= 4 is 0 Å². The molecule has 4 rings (SSSR count). The van der Waals surface area contributed by atoms with Crippen molar-refractivity contribution in [2.24, 2.45) is 0 Å². The van der Waals surface area contributed by atoms with Crippen LogP contribution < -0.4 is 5.32 Å². The third-order valence-electron chi connectivity index (χ3n) is 5.91. The van der Waals surface area contributed by atoms with Gasteiger partial charge in [-0.05, 0) is 41.7 Å². The summed E-state index contributed by atoms with van der Waals surface area (Å²) in [6, 6.07) is 13.9. The summed E-state index contributed by atoms with van der Waals surface area (Å²) >= 11 is 0. The Balaban J connectivity index is 1.52. The predicted octanol–water partition coefficient (Wildman–Crippen LogP) is 3.97. The van der Waals surface area contributed by atoms with E-state index in [4.69, 9.17) is 4.74 Å². The lowest BCUT2D eigenvalue weighted by Crippen LogP contribution is -2.55. The molecule has 0 radical (unpaired) electrons. The molecular weight excluding hydrogens is 365 g/mol. The first kappa shape index (κ1) is 19.4. The summed E-state index contributed by atoms with van der Waals surface area (Å²) in [4.78, 5) is 2.49. The summed E-state index contributed by atoms with van der Waals surface area (Å²) in [5.74, 6) is 0. The van der Waals surface area contributed by atoms with Crippen LogP contribution in [0.2, 0.25) is 0 Å². The Morgan fingerprint density at radius 1 is 1.04 bits per heavy atom. The molecule has 28 heavy (non-hydrogen) atoms. The monoisotopic (exact) mass is 390 g/mol. The number of piperazine rings is 1. The topological polar surface area (TPSA) is 24.5 Å². The van der Waals surface area contributed by atoms with E-state index in [1.54, 1.807) is 6.07 Å². The summed E-state index contributed by atoms with van der Waals surface area (Å²) < 4.78 is 44.9. The van der Waals surface area contributed by atoms with Crippen molar-refractivity contribution in [2.45, 2.75) is 31.2 Å². The molecule has 0 amide bonds. The van der Waals surface area contributed by atoms with Crippen LogP contribution in [-0.2, 0) is 29.5 Å². The fourth-order valence-electron chi connectivity index (χ4n) is 4.51. The second-order valence-corrected chi connectivity index (χ2v) is 7.62. The van der Waals surface area contributed by atoms with Gasteiger partial charge in [0.25, 0.3) is 0 Å². The summed E-state index contributed by atoms with van der Waals surface area (Å²) in [6.07, 6.45) is -2.34. The van der Waals surface area contributed by atoms with Crippen molar-refractivity contribution in [1.29, 1.82) is 0 Å². The first-order chi connectivity index (χ1) is 13.5. The summed E-state index contributed by atoms with van der Waals surface area (Å²) in [5.41, 5.74) is 2.39. The molecule has 1 saturated heterocycles. The quantitative estimate of drug-likeness (QED) is 0.836. The van der Waals surface area contributed by atoms with Gasteiger partial charge >= 0.3 is 6.18 Å². The van der Waals surface area contributed by atoms with Crippen molar-refractivity contribution < 1.29 is 17.9 Å². The molecule has 0 unspecified atom stereocenters. The molecule has 1 atom stereocenters. The van der Waals surface area contributed by atoms with Gasteiger partial charge in [0.05, 0.1) is 24.3 Å². The van der Waals surface area contributed by atoms with E-state index in [2.05, 4.69) is 34.5 Å². The van der Waals surface area contributed by atoms with Crippen molar-refractivity contribution in [3.63, 3.8) is 0 Å². The summed E-state index contributed by atoms with van der Waals surface area (Å²) in [5, 5.41) is 3.39. The first-order valence-corrected chi connectivity index (χ1v) is 9.77. The Labute approximate surface area is 163 Å². The van der Waals surface area contributed by atoms with Gasteiger partial charge in [0.2, 0.25) is 0 Å². The third-order valence-corrected chi connectivity index (χ3v) is 5.91. The number of rotatable bonds is 5. The number of fused-ring (bicyclic) bond motifs is 1. The number of ether oxygens (including phenoxy) is 1. The van der Waals surface area contributed by atoms with Crippen LogP contribution in [0.4, 0.5) is 13.2 Å². The normalized spacial score (nSPS) is 23.0. The Bertz CT molecular complexity index is 817. The van der Waals surface area contributed by atoms with Crippen LogP contribution in [-0.4, -0.2) is 37.7 Å². The van der Waals surface area contributed by atoms with Crippen molar-refractivity contribution in [1.82, 2.24) is 10.2 Å². The minimum atomic E-state index is -4.33. The first-order valence-electron chi connectivity index (χ1n) is 9.77. The second kappa shape index (κ2) is 7.85. The summed E-state index contributed by atoms with van der Waals surface area (Å²) in [6.45, 7) is 4.44. The van der Waals surface area contributed by atoms with Gasteiger partial charge in [0.1, 0.15) is 0 Å². The fraction of sp³-hybridized carbons (Fsp3) is 0.455. The standard InChI is InChI=1S/C22H25F3N2O/c23-22(24,25)19-6-3-4-17(14-19)15-28-16-21(27-12-10-26-11-13-27)9-8-18-5-1-2-7-20(18)21/h1-7,14,26H,8-13,15-16H2/t21-/m1/s1. The smallest absolute Gasteiger partial charge is 0.374 e. The minimum Gasteiger partial charge on any atom is -0.374 e. The number of alkyl halides is 3. The molecule has 0 bridgehead atoms. The largest absolute Gasteiger partial charge is 0.416 e. The highest BCUT2D eigenvalue weighted by atomic mass is 19.4. The van der Waals surface area contributed by atoms with E-state index < -0.39 is 11.7 Å². The van der Waals surface area contributed by atoms with Gasteiger partial charge in [-0.3, -0.25) is 4.90 Å². The molecule has 1 N–H and O–H groups in total. The van der Waals surface area contributed by atoms with Gasteiger partial charge in [0, 0.05) is 26.2 Å². The molecule has 6 heteroatoms. The number of nitrogens with one attached hydrogen (secondary N) is 1. The molecule has 1 fully saturated rings. The number of hydrogen-bond donors (Lipinski definition) is 1. The number of aryl methyl sites for hydroxylation is 1. The maximum Gasteiger partial charge on any atom is 0.416 e. The number of nitrogens with zero attached hydrogens (tertiary/aromatic N) is 1. The van der Waals surface area contributed by atoms with Crippen LogP contribution in [0.15, 0.2) is 48.5 Å². The second-order valence-electron chi connectivity index (χ2n) is 7.62. The third kappa shape index (κ3) is 3.81. The number of halogens is 3. The molecule has 1 heterocycles. The summed E-state index contributed by atoms with van der Waals surface area (Å²) in [7, 11) is 0. The van der Waals surface area contributed by atoms with Gasteiger partial charge in [-0.25, -0.2) is 0 Å². The number of benzene rings is 2. The molecule has 150 valence electrons. The highest BCUT2D eigenvalue weighted by molar-refractivity contribution is 5.39. The van der Waals surface area contributed by atoms with E-state index in [0.29, 0.717) is 12.2 Å². The van der Waals surface area contributed by atoms with Crippen molar-refractivity contribution in [2.75, 3.05) is 32.8 Å². The van der Waals surface area contributed by atoms with E-state index >= 15 is 0 Å². The van der Waals surface area contributed by atoms with Gasteiger partial charge in [0.15, 0.2) is 0 Å². The lowest BCUT2D eigenvalue weighted by molar-refractivity contribution is -0.137. The van der Waals surface area contributed by atoms with Crippen LogP contribution in [0, 0.1) is 0 Å². The Hall–Kier alpha value is -1.89. The van der Waals surface area contributed by atoms with E-state index in [1.165, 1.54) is 23.3 Å². The van der Waals surface area contributed by atoms with Gasteiger partial charge in [-0.1, -0.05) is 36.4 Å². The van der Waals surface area contributed by atoms with Gasteiger partial charge in [-0.2, -0.15) is 13.2 Å². The van der Waals surface area contributed by atoms with Crippen molar-refractivity contribution in [3.05, 3.63) is 70.8 Å². The molecule has 0 spiro atoms. The van der Waals surface area contributed by atoms with E-state index in [-0.39, 0.29) is 12.1 Å². The van der Waals surface area contributed by atoms with Gasteiger partial charge < -0.3 is 10.1 Å². The van der Waals surface area contributed by atoms with E-state index in [1.807, 2.05) is 0 Å². The molecule has 2 aromatic carbocycles. The maximum absolute atomic E-state index is 13.0. The fourth-order valence-corrected chi connectivity index (χ4v) is 4.51. The average Bonchev–Trinajstić information content (AvgIpc) is 3.08. The molecule has 0 saturated carbocycles. The zero-order valence-corrected chi connectivity index (χ0v) is 15.8. The molecule has 1 aliphatic carbocycles. The lowest BCUT2D eigenvalue weighted by atomic mass is 9.89. The Morgan fingerprint density at radius 3 is 2.61 bits per heavy atom. The molecular formula is C22H25F3N2O. The van der Waals surface area contributed by atoms with Crippen LogP contribution in [0.3, 0.4) is 0 Å². The SMILES string of the molecule is FC(F)(F)c1cccc(COC[C@]2(N3CCNCC3)CCc3ccccc32)c1. The van der Waals surface area contributed by atoms with Crippen LogP contribution in [0.25, 0.3) is 0 Å². The molecule has 0 aromatic heterocycles. The van der Waals surface area contributed by atoms with Crippen LogP contribution >= 0.6 is 0 Å². The Morgan fingerprint density at radius 2 is 1.82 bits per heavy atom. The predicted molar refractivity (Wildman–Crippen MR) is 102 cm³/mol. The molecule has 1 aliphatic heterocycles. The lowest BCUT2D eigenvalue weighted by Gasteiger charge is -2.44. The van der Waals surface area contributed by atoms with Gasteiger partial charge in [-0.15, -0.1) is 0 Å². The van der Waals surface area contributed by atoms with Crippen LogP contribution in [0.1, 0.15) is 28.7 Å². The van der Waals surface area contributed by atoms with Crippen LogP contribution in [0.5, 0.6) is 0 Å². The zero-order chi connectivity index (χ0) is 19.6. The minimum absolute atomic E-state index is 0.180.